The van der Waals surface area contributed by atoms with E-state index in [1.807, 2.05) is 24.3 Å². The number of halogens is 1. The molecule has 2 aliphatic rings. The summed E-state index contributed by atoms with van der Waals surface area (Å²) in [5.41, 5.74) is 4.25. The number of carbonyl (C=O) groups excluding carboxylic acids is 2. The molecule has 2 amide bonds. The molecule has 1 aliphatic carbocycles. The lowest BCUT2D eigenvalue weighted by Crippen LogP contribution is -2.36. The Morgan fingerprint density at radius 3 is 1.96 bits per heavy atom. The van der Waals surface area contributed by atoms with Gasteiger partial charge in [-0.3, -0.25) is 9.59 Å². The fourth-order valence-corrected chi connectivity index (χ4v) is 3.91. The normalized spacial score (nSPS) is 15.5. The largest absolute Gasteiger partial charge is 0.282 e. The molecule has 1 aliphatic heterocycles. The van der Waals surface area contributed by atoms with Crippen molar-refractivity contribution in [2.45, 2.75) is 12.8 Å². The molecule has 0 radical (unpaired) electrons. The molecule has 3 aromatic rings. The third-order valence-corrected chi connectivity index (χ3v) is 5.29. The van der Waals surface area contributed by atoms with E-state index in [1.165, 1.54) is 17.3 Å². The summed E-state index contributed by atoms with van der Waals surface area (Å²) in [6, 6.07) is 14.6. The van der Waals surface area contributed by atoms with Crippen LogP contribution >= 0.6 is 11.6 Å². The lowest BCUT2D eigenvalue weighted by atomic mass is 9.92. The summed E-state index contributed by atoms with van der Waals surface area (Å²) in [6.45, 7) is 0. The molecule has 0 atom stereocenters. The SMILES string of the molecule is O=C1c2ccc3c4c(ccc(c24)C(=O)N1N=Cc1ccc(Cl)cc1)CC3. The predicted molar refractivity (Wildman–Crippen MR) is 101 cm³/mol. The lowest BCUT2D eigenvalue weighted by molar-refractivity contribution is 0.0616. The smallest absolute Gasteiger partial charge is 0.267 e. The minimum Gasteiger partial charge on any atom is -0.267 e. The van der Waals surface area contributed by atoms with Crippen molar-refractivity contribution in [2.24, 2.45) is 5.10 Å². The second-order valence-electron chi connectivity index (χ2n) is 6.51. The van der Waals surface area contributed by atoms with Gasteiger partial charge in [0.1, 0.15) is 0 Å². The first-order chi connectivity index (χ1) is 12.6. The maximum Gasteiger partial charge on any atom is 0.282 e. The summed E-state index contributed by atoms with van der Waals surface area (Å²) in [6.07, 6.45) is 3.40. The number of hydrogen-bond donors (Lipinski definition) is 0. The molecule has 3 aromatic carbocycles. The summed E-state index contributed by atoms with van der Waals surface area (Å²) >= 11 is 5.88. The first kappa shape index (κ1) is 15.3. The average molecular weight is 361 g/mol. The molecule has 0 spiro atoms. The van der Waals surface area contributed by atoms with Gasteiger partial charge in [0.2, 0.25) is 0 Å². The Kier molecular flexibility index (Phi) is 3.24. The second kappa shape index (κ2) is 5.51. The van der Waals surface area contributed by atoms with Crippen molar-refractivity contribution in [3.05, 3.63) is 81.4 Å². The first-order valence-electron chi connectivity index (χ1n) is 8.39. The number of nitrogens with zero attached hydrogens (tertiary/aromatic N) is 2. The van der Waals surface area contributed by atoms with E-state index >= 15 is 0 Å². The van der Waals surface area contributed by atoms with Crippen LogP contribution in [0.3, 0.4) is 0 Å². The Bertz CT molecular complexity index is 1070. The summed E-state index contributed by atoms with van der Waals surface area (Å²) in [5, 5.41) is 7.58. The van der Waals surface area contributed by atoms with Gasteiger partial charge in [-0.05, 0) is 59.2 Å². The van der Waals surface area contributed by atoms with E-state index in [9.17, 15) is 9.59 Å². The Morgan fingerprint density at radius 2 is 1.38 bits per heavy atom. The molecule has 4 nitrogen and oxygen atoms in total. The van der Waals surface area contributed by atoms with Crippen LogP contribution in [0.4, 0.5) is 0 Å². The van der Waals surface area contributed by atoms with Crippen LogP contribution < -0.4 is 0 Å². The summed E-state index contributed by atoms with van der Waals surface area (Å²) in [5.74, 6) is -0.772. The van der Waals surface area contributed by atoms with Gasteiger partial charge < -0.3 is 0 Å². The van der Waals surface area contributed by atoms with Crippen molar-refractivity contribution < 1.29 is 9.59 Å². The van der Waals surface area contributed by atoms with Crippen LogP contribution in [0.1, 0.15) is 37.4 Å². The highest BCUT2D eigenvalue weighted by atomic mass is 35.5. The van der Waals surface area contributed by atoms with Crippen molar-refractivity contribution in [1.29, 1.82) is 0 Å². The molecule has 0 N–H and O–H groups in total. The van der Waals surface area contributed by atoms with Crippen LogP contribution in [0, 0.1) is 0 Å². The minimum absolute atomic E-state index is 0.386. The summed E-state index contributed by atoms with van der Waals surface area (Å²) in [7, 11) is 0. The zero-order chi connectivity index (χ0) is 17.8. The fourth-order valence-electron chi connectivity index (χ4n) is 3.78. The number of carbonyl (C=O) groups is 2. The number of aryl methyl sites for hydroxylation is 2. The van der Waals surface area contributed by atoms with Crippen LogP contribution in [-0.2, 0) is 12.8 Å². The number of hydrogen-bond acceptors (Lipinski definition) is 3. The summed E-state index contributed by atoms with van der Waals surface area (Å²) < 4.78 is 0. The molecule has 0 bridgehead atoms. The molecular weight excluding hydrogens is 348 g/mol. The topological polar surface area (TPSA) is 49.7 Å². The maximum absolute atomic E-state index is 12.9. The molecule has 26 heavy (non-hydrogen) atoms. The number of hydrazone groups is 1. The zero-order valence-corrected chi connectivity index (χ0v) is 14.5. The van der Waals surface area contributed by atoms with E-state index < -0.39 is 0 Å². The third kappa shape index (κ3) is 2.12. The molecule has 0 fully saturated rings. The molecule has 5 heteroatoms. The number of benzene rings is 3. The molecule has 0 saturated heterocycles. The molecule has 0 unspecified atom stereocenters. The number of amides is 2. The number of imide groups is 1. The van der Waals surface area contributed by atoms with Gasteiger partial charge in [0.25, 0.3) is 11.8 Å². The first-order valence-corrected chi connectivity index (χ1v) is 8.77. The van der Waals surface area contributed by atoms with E-state index in [0.717, 1.165) is 34.2 Å². The lowest BCUT2D eigenvalue weighted by Gasteiger charge is -2.23. The summed E-state index contributed by atoms with van der Waals surface area (Å²) in [4.78, 5) is 25.8. The van der Waals surface area contributed by atoms with Crippen LogP contribution in [0.5, 0.6) is 0 Å². The Morgan fingerprint density at radius 1 is 0.808 bits per heavy atom. The monoisotopic (exact) mass is 360 g/mol. The van der Waals surface area contributed by atoms with Gasteiger partial charge in [-0.2, -0.15) is 10.1 Å². The minimum atomic E-state index is -0.386. The number of rotatable bonds is 2. The standard InChI is InChI=1S/C21H13ClN2O2/c22-15-7-1-12(2-8-15)11-23-24-20(25)16-9-5-13-3-4-14-6-10-17(21(24)26)19(16)18(13)14/h1-2,5-11H,3-4H2. The van der Waals surface area contributed by atoms with Crippen molar-refractivity contribution in [2.75, 3.05) is 0 Å². The van der Waals surface area contributed by atoms with E-state index in [-0.39, 0.29) is 11.8 Å². The Hall–Kier alpha value is -2.98. The van der Waals surface area contributed by atoms with E-state index in [4.69, 9.17) is 11.6 Å². The van der Waals surface area contributed by atoms with Gasteiger partial charge in [-0.1, -0.05) is 35.9 Å². The van der Waals surface area contributed by atoms with Crippen LogP contribution in [0.25, 0.3) is 10.8 Å². The highest BCUT2D eigenvalue weighted by molar-refractivity contribution is 6.30. The Labute approximate surface area is 154 Å². The van der Waals surface area contributed by atoms with Crippen LogP contribution in [0.2, 0.25) is 5.02 Å². The van der Waals surface area contributed by atoms with Crippen LogP contribution in [-0.4, -0.2) is 23.0 Å². The maximum atomic E-state index is 12.9. The molecule has 0 aromatic heterocycles. The van der Waals surface area contributed by atoms with Crippen molar-refractivity contribution >= 4 is 40.4 Å². The van der Waals surface area contributed by atoms with Gasteiger partial charge >= 0.3 is 0 Å². The Balaban J connectivity index is 1.62. The van der Waals surface area contributed by atoms with Gasteiger partial charge in [0.15, 0.2) is 0 Å². The van der Waals surface area contributed by atoms with Crippen LogP contribution in [0.15, 0.2) is 53.6 Å². The predicted octanol–water partition coefficient (Wildman–Crippen LogP) is 4.22. The van der Waals surface area contributed by atoms with Crippen molar-refractivity contribution in [3.63, 3.8) is 0 Å². The van der Waals surface area contributed by atoms with Crippen molar-refractivity contribution in [3.8, 4) is 0 Å². The fraction of sp³-hybridized carbons (Fsp3) is 0.0952. The van der Waals surface area contributed by atoms with Crippen molar-refractivity contribution in [1.82, 2.24) is 5.01 Å². The highest BCUT2D eigenvalue weighted by Gasteiger charge is 2.34. The van der Waals surface area contributed by atoms with Gasteiger partial charge in [-0.25, -0.2) is 0 Å². The van der Waals surface area contributed by atoms with E-state index in [0.29, 0.717) is 16.1 Å². The molecule has 5 rings (SSSR count). The van der Waals surface area contributed by atoms with Gasteiger partial charge in [0.05, 0.1) is 17.3 Å². The average Bonchev–Trinajstić information content (AvgIpc) is 3.08. The van der Waals surface area contributed by atoms with E-state index in [2.05, 4.69) is 5.10 Å². The van der Waals surface area contributed by atoms with Gasteiger partial charge in [0, 0.05) is 10.4 Å². The molecule has 126 valence electrons. The second-order valence-corrected chi connectivity index (χ2v) is 6.95. The zero-order valence-electron chi connectivity index (χ0n) is 13.7. The molecule has 0 saturated carbocycles. The van der Waals surface area contributed by atoms with E-state index in [1.54, 1.807) is 24.3 Å². The molecular formula is C21H13ClN2O2. The highest BCUT2D eigenvalue weighted by Crippen LogP contribution is 2.38. The molecule has 1 heterocycles. The third-order valence-electron chi connectivity index (χ3n) is 5.03. The van der Waals surface area contributed by atoms with Gasteiger partial charge in [-0.15, -0.1) is 0 Å². The quantitative estimate of drug-likeness (QED) is 0.507.